The third kappa shape index (κ3) is 4.63. The van der Waals surface area contributed by atoms with Gasteiger partial charge in [-0.2, -0.15) is 4.31 Å². The number of hydrogen-bond donors (Lipinski definition) is 2. The Morgan fingerprint density at radius 3 is 2.69 bits per heavy atom. The van der Waals surface area contributed by atoms with Crippen molar-refractivity contribution < 1.29 is 13.2 Å². The van der Waals surface area contributed by atoms with E-state index in [0.29, 0.717) is 26.1 Å². The lowest BCUT2D eigenvalue weighted by molar-refractivity contribution is -0.120. The SMILES string of the molecule is CN1CCN(S(=O)(=O)CCC(=O)NCCc2c[nH]c3ccccc23)CC1. The van der Waals surface area contributed by atoms with Gasteiger partial charge in [-0.15, -0.1) is 0 Å². The summed E-state index contributed by atoms with van der Waals surface area (Å²) in [7, 11) is -1.38. The molecular weight excluding hydrogens is 352 g/mol. The van der Waals surface area contributed by atoms with Crippen molar-refractivity contribution in [1.29, 1.82) is 0 Å². The maximum Gasteiger partial charge on any atom is 0.221 e. The van der Waals surface area contributed by atoms with Crippen LogP contribution in [0.1, 0.15) is 12.0 Å². The number of aromatic nitrogens is 1. The van der Waals surface area contributed by atoms with Crippen LogP contribution in [0.5, 0.6) is 0 Å². The van der Waals surface area contributed by atoms with Crippen LogP contribution < -0.4 is 5.32 Å². The van der Waals surface area contributed by atoms with Crippen molar-refractivity contribution in [3.63, 3.8) is 0 Å². The van der Waals surface area contributed by atoms with E-state index in [4.69, 9.17) is 0 Å². The number of para-hydroxylation sites is 1. The Hall–Kier alpha value is -1.90. The van der Waals surface area contributed by atoms with Gasteiger partial charge in [-0.3, -0.25) is 4.79 Å². The molecule has 0 saturated carbocycles. The van der Waals surface area contributed by atoms with Gasteiger partial charge in [0.05, 0.1) is 5.75 Å². The predicted molar refractivity (Wildman–Crippen MR) is 102 cm³/mol. The maximum atomic E-state index is 12.3. The molecule has 142 valence electrons. The molecule has 1 amide bonds. The molecule has 8 heteroatoms. The van der Waals surface area contributed by atoms with E-state index >= 15 is 0 Å². The number of fused-ring (bicyclic) bond motifs is 1. The largest absolute Gasteiger partial charge is 0.361 e. The zero-order valence-electron chi connectivity index (χ0n) is 15.1. The monoisotopic (exact) mass is 378 g/mol. The second-order valence-electron chi connectivity index (χ2n) is 6.73. The average molecular weight is 378 g/mol. The molecule has 26 heavy (non-hydrogen) atoms. The summed E-state index contributed by atoms with van der Waals surface area (Å²) in [5, 5.41) is 3.98. The van der Waals surface area contributed by atoms with E-state index in [0.717, 1.165) is 29.6 Å². The Balaban J connectivity index is 1.43. The van der Waals surface area contributed by atoms with Crippen LogP contribution in [0.2, 0.25) is 0 Å². The van der Waals surface area contributed by atoms with Crippen LogP contribution in [0.15, 0.2) is 30.5 Å². The van der Waals surface area contributed by atoms with E-state index in [2.05, 4.69) is 15.2 Å². The highest BCUT2D eigenvalue weighted by Crippen LogP contribution is 2.17. The number of amides is 1. The topological polar surface area (TPSA) is 85.5 Å². The standard InChI is InChI=1S/C18H26N4O3S/c1-21-9-11-22(12-10-21)26(24,25)13-7-18(23)19-8-6-15-14-20-17-5-3-2-4-16(15)17/h2-5,14,20H,6-13H2,1H3,(H,19,23). The van der Waals surface area contributed by atoms with Crippen LogP contribution >= 0.6 is 0 Å². The van der Waals surface area contributed by atoms with Gasteiger partial charge in [0.25, 0.3) is 0 Å². The van der Waals surface area contributed by atoms with Gasteiger partial charge in [0.2, 0.25) is 15.9 Å². The van der Waals surface area contributed by atoms with Gasteiger partial charge >= 0.3 is 0 Å². The molecule has 1 aliphatic rings. The molecular formula is C18H26N4O3S. The lowest BCUT2D eigenvalue weighted by Crippen LogP contribution is -2.48. The Bertz CT molecular complexity index is 854. The molecule has 1 fully saturated rings. The Morgan fingerprint density at radius 2 is 1.92 bits per heavy atom. The van der Waals surface area contributed by atoms with E-state index in [-0.39, 0.29) is 18.1 Å². The lowest BCUT2D eigenvalue weighted by Gasteiger charge is -2.31. The molecule has 3 rings (SSSR count). The third-order valence-electron chi connectivity index (χ3n) is 4.83. The molecule has 2 aromatic rings. The summed E-state index contributed by atoms with van der Waals surface area (Å²) >= 11 is 0. The fourth-order valence-electron chi connectivity index (χ4n) is 3.18. The summed E-state index contributed by atoms with van der Waals surface area (Å²) in [5.74, 6) is -0.349. The van der Waals surface area contributed by atoms with Crippen molar-refractivity contribution in [2.45, 2.75) is 12.8 Å². The number of benzene rings is 1. The summed E-state index contributed by atoms with van der Waals surface area (Å²) in [6, 6.07) is 8.03. The van der Waals surface area contributed by atoms with Crippen molar-refractivity contribution in [1.82, 2.24) is 19.5 Å². The molecule has 0 bridgehead atoms. The highest BCUT2D eigenvalue weighted by molar-refractivity contribution is 7.89. The van der Waals surface area contributed by atoms with Crippen molar-refractivity contribution >= 4 is 26.8 Å². The van der Waals surface area contributed by atoms with E-state index in [9.17, 15) is 13.2 Å². The molecule has 2 N–H and O–H groups in total. The number of sulfonamides is 1. The zero-order valence-corrected chi connectivity index (χ0v) is 15.9. The number of hydrogen-bond acceptors (Lipinski definition) is 4. The number of likely N-dealkylation sites (N-methyl/N-ethyl adjacent to an activating group) is 1. The molecule has 0 spiro atoms. The molecule has 0 unspecified atom stereocenters. The van der Waals surface area contributed by atoms with E-state index in [1.54, 1.807) is 0 Å². The number of nitrogens with zero attached hydrogens (tertiary/aromatic N) is 2. The first-order valence-corrected chi connectivity index (χ1v) is 10.5. The van der Waals surface area contributed by atoms with Crippen molar-refractivity contribution in [3.05, 3.63) is 36.0 Å². The molecule has 1 aromatic heterocycles. The van der Waals surface area contributed by atoms with E-state index < -0.39 is 10.0 Å². The minimum atomic E-state index is -3.36. The van der Waals surface area contributed by atoms with Crippen LogP contribution in [-0.4, -0.2) is 74.0 Å². The first-order valence-electron chi connectivity index (χ1n) is 8.94. The maximum absolute atomic E-state index is 12.3. The first-order chi connectivity index (χ1) is 12.5. The first kappa shape index (κ1) is 18.9. The number of aromatic amines is 1. The Kier molecular flexibility index (Phi) is 5.95. The zero-order chi connectivity index (χ0) is 18.6. The summed E-state index contributed by atoms with van der Waals surface area (Å²) in [6.45, 7) is 2.96. The quantitative estimate of drug-likeness (QED) is 0.746. The molecule has 1 saturated heterocycles. The minimum absolute atomic E-state index is 0.00254. The van der Waals surface area contributed by atoms with Gasteiger partial charge in [-0.1, -0.05) is 18.2 Å². The summed E-state index contributed by atoms with van der Waals surface area (Å²) < 4.78 is 26.1. The number of carbonyl (C=O) groups excluding carboxylic acids is 1. The van der Waals surface area contributed by atoms with Gasteiger partial charge in [-0.25, -0.2) is 8.42 Å². The van der Waals surface area contributed by atoms with Crippen LogP contribution in [0.3, 0.4) is 0 Å². The predicted octanol–water partition coefficient (Wildman–Crippen LogP) is 0.794. The molecule has 7 nitrogen and oxygen atoms in total. The normalized spacial score (nSPS) is 16.8. The number of piperazine rings is 1. The molecule has 2 heterocycles. The van der Waals surface area contributed by atoms with Gasteiger partial charge in [0, 0.05) is 56.2 Å². The minimum Gasteiger partial charge on any atom is -0.361 e. The van der Waals surface area contributed by atoms with E-state index in [1.165, 1.54) is 4.31 Å². The molecule has 1 aliphatic heterocycles. The summed E-state index contributed by atoms with van der Waals surface area (Å²) in [6.07, 6.45) is 2.66. The average Bonchev–Trinajstić information content (AvgIpc) is 3.04. The van der Waals surface area contributed by atoms with Crippen molar-refractivity contribution in [2.24, 2.45) is 0 Å². The molecule has 1 aromatic carbocycles. The van der Waals surface area contributed by atoms with Gasteiger partial charge in [0.1, 0.15) is 0 Å². The third-order valence-corrected chi connectivity index (χ3v) is 6.71. The summed E-state index contributed by atoms with van der Waals surface area (Å²) in [5.41, 5.74) is 2.22. The number of nitrogens with one attached hydrogen (secondary N) is 2. The second-order valence-corrected chi connectivity index (χ2v) is 8.82. The summed E-state index contributed by atoms with van der Waals surface area (Å²) in [4.78, 5) is 17.3. The number of rotatable bonds is 7. The van der Waals surface area contributed by atoms with Crippen LogP contribution in [-0.2, 0) is 21.2 Å². The molecule has 0 radical (unpaired) electrons. The van der Waals surface area contributed by atoms with Crippen LogP contribution in [0.25, 0.3) is 10.9 Å². The fraction of sp³-hybridized carbons (Fsp3) is 0.500. The van der Waals surface area contributed by atoms with Crippen LogP contribution in [0.4, 0.5) is 0 Å². The highest BCUT2D eigenvalue weighted by Gasteiger charge is 2.26. The van der Waals surface area contributed by atoms with Gasteiger partial charge in [-0.05, 0) is 25.1 Å². The van der Waals surface area contributed by atoms with Gasteiger partial charge in [0.15, 0.2) is 0 Å². The Morgan fingerprint density at radius 1 is 1.19 bits per heavy atom. The highest BCUT2D eigenvalue weighted by atomic mass is 32.2. The Labute approximate surface area is 154 Å². The van der Waals surface area contributed by atoms with Crippen molar-refractivity contribution in [2.75, 3.05) is 45.5 Å². The van der Waals surface area contributed by atoms with E-state index in [1.807, 2.05) is 37.5 Å². The lowest BCUT2D eigenvalue weighted by atomic mass is 10.1. The smallest absolute Gasteiger partial charge is 0.221 e. The number of H-pyrrole nitrogens is 1. The van der Waals surface area contributed by atoms with Gasteiger partial charge < -0.3 is 15.2 Å². The number of carbonyl (C=O) groups is 1. The molecule has 0 aliphatic carbocycles. The molecule has 0 atom stereocenters. The fourth-order valence-corrected chi connectivity index (χ4v) is 4.60. The van der Waals surface area contributed by atoms with Crippen LogP contribution in [0, 0.1) is 0 Å². The second kappa shape index (κ2) is 8.20. The van der Waals surface area contributed by atoms with Crippen molar-refractivity contribution in [3.8, 4) is 0 Å².